The monoisotopic (exact) mass is 742 g/mol. The molecule has 5 nitrogen and oxygen atoms in total. The molecular weight excluding hydrogens is 709 g/mol. The minimum Gasteiger partial charge on any atom is -0.456 e. The molecule has 2 aromatic heterocycles. The molecule has 0 saturated heterocycles. The van der Waals surface area contributed by atoms with Crippen LogP contribution in [0.25, 0.3) is 88.8 Å². The van der Waals surface area contributed by atoms with Gasteiger partial charge in [0, 0.05) is 50.6 Å². The number of para-hydroxylation sites is 1. The summed E-state index contributed by atoms with van der Waals surface area (Å²) in [5.41, 5.74) is 9.77. The molecule has 0 fully saturated rings. The number of aromatic nitrogens is 3. The Kier molecular flexibility index (Phi) is 8.07. The van der Waals surface area contributed by atoms with Gasteiger partial charge in [-0.2, -0.15) is 0 Å². The fraction of sp³-hybridized carbons (Fsp3) is 0. The average molecular weight is 743 g/mol. The Labute approximate surface area is 335 Å². The number of benzene rings is 9. The molecule has 5 heteroatoms. The van der Waals surface area contributed by atoms with Gasteiger partial charge in [0.2, 0.25) is 0 Å². The van der Waals surface area contributed by atoms with Gasteiger partial charge >= 0.3 is 0 Å². The van der Waals surface area contributed by atoms with Crippen molar-refractivity contribution in [3.63, 3.8) is 0 Å². The quantitative estimate of drug-likeness (QED) is 0.163. The highest BCUT2D eigenvalue weighted by atomic mass is 16.3. The Hall–Kier alpha value is -7.89. The fourth-order valence-corrected chi connectivity index (χ4v) is 7.92. The summed E-state index contributed by atoms with van der Waals surface area (Å²) >= 11 is 0. The molecule has 11 rings (SSSR count). The molecule has 0 amide bonds. The van der Waals surface area contributed by atoms with E-state index in [4.69, 9.17) is 19.4 Å². The normalized spacial score (nSPS) is 11.4. The predicted molar refractivity (Wildman–Crippen MR) is 239 cm³/mol. The minimum absolute atomic E-state index is 0.582. The first-order valence-electron chi connectivity index (χ1n) is 19.4. The van der Waals surface area contributed by atoms with Crippen LogP contribution in [0.3, 0.4) is 0 Å². The van der Waals surface area contributed by atoms with Crippen molar-refractivity contribution in [2.45, 2.75) is 0 Å². The van der Waals surface area contributed by atoms with Crippen LogP contribution in [0.5, 0.6) is 0 Å². The summed E-state index contributed by atoms with van der Waals surface area (Å²) in [6, 6.07) is 71.7. The summed E-state index contributed by atoms with van der Waals surface area (Å²) in [5, 5.41) is 6.67. The Bertz CT molecular complexity index is 3190. The lowest BCUT2D eigenvalue weighted by Crippen LogP contribution is -2.09. The highest BCUT2D eigenvalue weighted by molar-refractivity contribution is 6.07. The van der Waals surface area contributed by atoms with Crippen LogP contribution < -0.4 is 4.90 Å². The molecule has 0 aliphatic rings. The predicted octanol–water partition coefficient (Wildman–Crippen LogP) is 14.2. The zero-order valence-corrected chi connectivity index (χ0v) is 31.3. The van der Waals surface area contributed by atoms with E-state index in [1.165, 1.54) is 21.9 Å². The van der Waals surface area contributed by atoms with E-state index in [9.17, 15) is 0 Å². The zero-order chi connectivity index (χ0) is 38.4. The van der Waals surface area contributed by atoms with Crippen LogP contribution >= 0.6 is 0 Å². The Balaban J connectivity index is 1.01. The van der Waals surface area contributed by atoms with Crippen molar-refractivity contribution in [2.75, 3.05) is 4.90 Å². The number of furan rings is 1. The molecule has 0 bridgehead atoms. The van der Waals surface area contributed by atoms with Crippen LogP contribution in [0.4, 0.5) is 17.1 Å². The molecule has 0 spiro atoms. The highest BCUT2D eigenvalue weighted by Gasteiger charge is 2.18. The molecule has 0 N–H and O–H groups in total. The molecule has 272 valence electrons. The van der Waals surface area contributed by atoms with Crippen molar-refractivity contribution < 1.29 is 4.42 Å². The van der Waals surface area contributed by atoms with Crippen molar-refractivity contribution in [3.05, 3.63) is 206 Å². The largest absolute Gasteiger partial charge is 0.456 e. The van der Waals surface area contributed by atoms with Crippen LogP contribution in [0.15, 0.2) is 211 Å². The third-order valence-corrected chi connectivity index (χ3v) is 10.9. The molecule has 2 heterocycles. The topological polar surface area (TPSA) is 55.1 Å². The van der Waals surface area contributed by atoms with E-state index < -0.39 is 0 Å². The van der Waals surface area contributed by atoms with Crippen molar-refractivity contribution in [1.29, 1.82) is 0 Å². The molecule has 9 aromatic carbocycles. The number of anilines is 3. The smallest absolute Gasteiger partial charge is 0.164 e. The van der Waals surface area contributed by atoms with Crippen molar-refractivity contribution in [2.24, 2.45) is 0 Å². The number of hydrogen-bond acceptors (Lipinski definition) is 5. The first kappa shape index (κ1) is 33.4. The third-order valence-electron chi connectivity index (χ3n) is 10.9. The second kappa shape index (κ2) is 14.0. The van der Waals surface area contributed by atoms with Crippen molar-refractivity contribution >= 4 is 60.5 Å². The Morgan fingerprint density at radius 3 is 1.31 bits per heavy atom. The Morgan fingerprint density at radius 2 is 0.707 bits per heavy atom. The van der Waals surface area contributed by atoms with Gasteiger partial charge in [-0.15, -0.1) is 0 Å². The number of fused-ring (bicyclic) bond motifs is 5. The lowest BCUT2D eigenvalue weighted by atomic mass is 10.0. The lowest BCUT2D eigenvalue weighted by Gasteiger charge is -2.25. The van der Waals surface area contributed by atoms with Crippen LogP contribution in [-0.2, 0) is 0 Å². The molecule has 0 atom stereocenters. The van der Waals surface area contributed by atoms with E-state index in [0.29, 0.717) is 17.5 Å². The maximum Gasteiger partial charge on any atom is 0.164 e. The van der Waals surface area contributed by atoms with Crippen LogP contribution in [-0.4, -0.2) is 15.0 Å². The standard InChI is InChI=1S/C53H34N4O/c1-3-11-35(12-4-1)38-23-26-45(27-24-38)57(44-17-5-2-6-18-44)46-28-30-48-47-29-25-43(33-49(47)58-50(48)34-46)53-55-51(41-21-19-36-13-7-9-15-39(36)31-41)54-52(56-53)42-22-20-37-14-8-10-16-40(37)32-42/h1-34H. The van der Waals surface area contributed by atoms with Gasteiger partial charge in [0.05, 0.1) is 0 Å². The van der Waals surface area contributed by atoms with Gasteiger partial charge in [-0.1, -0.05) is 140 Å². The van der Waals surface area contributed by atoms with Gasteiger partial charge < -0.3 is 9.32 Å². The maximum absolute atomic E-state index is 6.68. The number of nitrogens with zero attached hydrogens (tertiary/aromatic N) is 4. The molecule has 58 heavy (non-hydrogen) atoms. The molecule has 0 saturated carbocycles. The zero-order valence-electron chi connectivity index (χ0n) is 31.3. The van der Waals surface area contributed by atoms with E-state index in [-0.39, 0.29) is 0 Å². The lowest BCUT2D eigenvalue weighted by molar-refractivity contribution is 0.669. The SMILES string of the molecule is c1ccc(-c2ccc(N(c3ccccc3)c3ccc4c(c3)oc3cc(-c5nc(-c6ccc7ccccc7c6)nc(-c6ccc7ccccc7c6)n5)ccc34)cc2)cc1. The first-order valence-corrected chi connectivity index (χ1v) is 19.4. The molecule has 0 aliphatic carbocycles. The summed E-state index contributed by atoms with van der Waals surface area (Å²) in [5.74, 6) is 1.82. The Morgan fingerprint density at radius 1 is 0.293 bits per heavy atom. The van der Waals surface area contributed by atoms with Crippen LogP contribution in [0.1, 0.15) is 0 Å². The molecule has 11 aromatic rings. The first-order chi connectivity index (χ1) is 28.7. The van der Waals surface area contributed by atoms with Crippen molar-refractivity contribution in [3.8, 4) is 45.3 Å². The van der Waals surface area contributed by atoms with Gasteiger partial charge in [0.25, 0.3) is 0 Å². The molecule has 0 unspecified atom stereocenters. The number of hydrogen-bond donors (Lipinski definition) is 0. The van der Waals surface area contributed by atoms with Crippen LogP contribution in [0, 0.1) is 0 Å². The van der Waals surface area contributed by atoms with E-state index in [2.05, 4.69) is 199 Å². The second-order valence-electron chi connectivity index (χ2n) is 14.5. The minimum atomic E-state index is 0.582. The average Bonchev–Trinajstić information content (AvgIpc) is 3.67. The fourth-order valence-electron chi connectivity index (χ4n) is 7.92. The summed E-state index contributed by atoms with van der Waals surface area (Å²) in [6.45, 7) is 0. The van der Waals surface area contributed by atoms with E-state index in [1.807, 2.05) is 12.1 Å². The van der Waals surface area contributed by atoms with Crippen LogP contribution in [0.2, 0.25) is 0 Å². The summed E-state index contributed by atoms with van der Waals surface area (Å²) in [7, 11) is 0. The maximum atomic E-state index is 6.68. The second-order valence-corrected chi connectivity index (χ2v) is 14.5. The van der Waals surface area contributed by atoms with E-state index in [1.54, 1.807) is 0 Å². The summed E-state index contributed by atoms with van der Waals surface area (Å²) in [6.07, 6.45) is 0. The molecule has 0 aliphatic heterocycles. The third kappa shape index (κ3) is 6.12. The van der Waals surface area contributed by atoms with E-state index >= 15 is 0 Å². The molecular formula is C53H34N4O. The van der Waals surface area contributed by atoms with Gasteiger partial charge in [0.1, 0.15) is 11.2 Å². The van der Waals surface area contributed by atoms with Gasteiger partial charge in [-0.25, -0.2) is 15.0 Å². The highest BCUT2D eigenvalue weighted by Crippen LogP contribution is 2.40. The van der Waals surface area contributed by atoms with Gasteiger partial charge in [-0.3, -0.25) is 0 Å². The number of rotatable bonds is 7. The van der Waals surface area contributed by atoms with Gasteiger partial charge in [0.15, 0.2) is 17.5 Å². The summed E-state index contributed by atoms with van der Waals surface area (Å²) in [4.78, 5) is 17.5. The van der Waals surface area contributed by atoms with Crippen molar-refractivity contribution in [1.82, 2.24) is 15.0 Å². The van der Waals surface area contributed by atoms with Gasteiger partial charge in [-0.05, 0) is 93.3 Å². The van der Waals surface area contributed by atoms with E-state index in [0.717, 1.165) is 66.5 Å². The summed E-state index contributed by atoms with van der Waals surface area (Å²) < 4.78 is 6.68. The molecule has 0 radical (unpaired) electrons.